The first-order chi connectivity index (χ1) is 13.5. The van der Waals surface area contributed by atoms with E-state index in [9.17, 15) is 9.90 Å². The Kier molecular flexibility index (Phi) is 8.14. The van der Waals surface area contributed by atoms with Gasteiger partial charge >= 0.3 is 0 Å². The fourth-order valence-corrected chi connectivity index (χ4v) is 2.60. The molecule has 0 aliphatic carbocycles. The van der Waals surface area contributed by atoms with Gasteiger partial charge in [0.2, 0.25) is 0 Å². The third-order valence-corrected chi connectivity index (χ3v) is 4.06. The summed E-state index contributed by atoms with van der Waals surface area (Å²) in [5, 5.41) is 15.4. The van der Waals surface area contributed by atoms with Gasteiger partial charge in [0.25, 0.3) is 5.91 Å². The molecule has 0 aliphatic heterocycles. The third-order valence-electron chi connectivity index (χ3n) is 4.06. The zero-order valence-corrected chi connectivity index (χ0v) is 16.6. The molecule has 0 atom stereocenters. The zero-order chi connectivity index (χ0) is 20.4. The van der Waals surface area contributed by atoms with Crippen molar-refractivity contribution in [1.82, 2.24) is 15.5 Å². The van der Waals surface area contributed by atoms with Gasteiger partial charge in [0, 0.05) is 32.2 Å². The highest BCUT2D eigenvalue weighted by molar-refractivity contribution is 5.94. The second-order valence-corrected chi connectivity index (χ2v) is 6.24. The normalized spacial score (nSPS) is 11.0. The molecule has 0 aliphatic rings. The van der Waals surface area contributed by atoms with Gasteiger partial charge < -0.3 is 25.4 Å². The fraction of sp³-hybridized carbons (Fsp3) is 0.333. The van der Waals surface area contributed by atoms with Crippen LogP contribution in [0.25, 0.3) is 0 Å². The molecule has 7 heteroatoms. The van der Waals surface area contributed by atoms with E-state index in [1.807, 2.05) is 43.1 Å². The van der Waals surface area contributed by atoms with E-state index in [2.05, 4.69) is 15.6 Å². The first-order valence-electron chi connectivity index (χ1n) is 9.23. The quantitative estimate of drug-likeness (QED) is 0.369. The fourth-order valence-electron chi connectivity index (χ4n) is 2.60. The van der Waals surface area contributed by atoms with Crippen molar-refractivity contribution in [3.05, 3.63) is 59.7 Å². The van der Waals surface area contributed by atoms with Crippen LogP contribution in [-0.4, -0.2) is 55.7 Å². The number of nitrogens with one attached hydrogen (secondary N) is 2. The van der Waals surface area contributed by atoms with Crippen molar-refractivity contribution in [3.63, 3.8) is 0 Å². The minimum absolute atomic E-state index is 0.135. The lowest BCUT2D eigenvalue weighted by molar-refractivity contribution is 0.0955. The number of nitrogens with zero attached hydrogens (tertiary/aromatic N) is 2. The van der Waals surface area contributed by atoms with Crippen LogP contribution in [0, 0.1) is 0 Å². The van der Waals surface area contributed by atoms with E-state index in [-0.39, 0.29) is 11.7 Å². The summed E-state index contributed by atoms with van der Waals surface area (Å²) in [4.78, 5) is 18.7. The minimum atomic E-state index is -0.188. The number of ether oxygens (including phenoxy) is 1. The third kappa shape index (κ3) is 6.50. The number of phenolic OH excluding ortho intramolecular Hbond substituents is 1. The van der Waals surface area contributed by atoms with E-state index in [1.165, 1.54) is 12.1 Å². The topological polar surface area (TPSA) is 86.2 Å². The van der Waals surface area contributed by atoms with E-state index >= 15 is 0 Å². The van der Waals surface area contributed by atoms with E-state index < -0.39 is 0 Å². The lowest BCUT2D eigenvalue weighted by Crippen LogP contribution is -2.39. The number of aromatic hydroxyl groups is 1. The molecule has 0 heterocycles. The van der Waals surface area contributed by atoms with Crippen molar-refractivity contribution >= 4 is 11.9 Å². The number of carbonyl (C=O) groups excluding carboxylic acids is 1. The standard InChI is InChI=1S/C21H28N4O3/c1-4-22-21(25(2)15-16-5-11-19(28-3)12-6-16)24-14-13-23-20(27)17-7-9-18(26)10-8-17/h5-12,26H,4,13-15H2,1-3H3,(H,22,24)(H,23,27). The van der Waals surface area contributed by atoms with Crippen LogP contribution in [-0.2, 0) is 6.54 Å². The Labute approximate surface area is 166 Å². The molecule has 3 N–H and O–H groups in total. The number of benzene rings is 2. The van der Waals surface area contributed by atoms with Crippen molar-refractivity contribution in [2.45, 2.75) is 13.5 Å². The van der Waals surface area contributed by atoms with Crippen LogP contribution < -0.4 is 15.4 Å². The number of aliphatic imine (C=N–C) groups is 1. The average Bonchev–Trinajstić information content (AvgIpc) is 2.71. The Hall–Kier alpha value is -3.22. The van der Waals surface area contributed by atoms with E-state index in [4.69, 9.17) is 4.74 Å². The molecule has 0 aromatic heterocycles. The van der Waals surface area contributed by atoms with Crippen molar-refractivity contribution in [2.75, 3.05) is 33.8 Å². The minimum Gasteiger partial charge on any atom is -0.508 e. The maximum absolute atomic E-state index is 12.1. The average molecular weight is 384 g/mol. The van der Waals surface area contributed by atoms with Crippen LogP contribution in [0.2, 0.25) is 0 Å². The Morgan fingerprint density at radius 1 is 1.11 bits per heavy atom. The van der Waals surface area contributed by atoms with Gasteiger partial charge in [0.15, 0.2) is 5.96 Å². The summed E-state index contributed by atoms with van der Waals surface area (Å²) in [7, 11) is 3.62. The molecular weight excluding hydrogens is 356 g/mol. The predicted molar refractivity (Wildman–Crippen MR) is 111 cm³/mol. The van der Waals surface area contributed by atoms with Gasteiger partial charge in [-0.3, -0.25) is 9.79 Å². The summed E-state index contributed by atoms with van der Waals surface area (Å²) in [6.45, 7) is 4.36. The van der Waals surface area contributed by atoms with Crippen LogP contribution in [0.4, 0.5) is 0 Å². The summed E-state index contributed by atoms with van der Waals surface area (Å²) in [5.74, 6) is 1.55. The number of hydrogen-bond donors (Lipinski definition) is 3. The molecule has 1 amide bonds. The van der Waals surface area contributed by atoms with Crippen molar-refractivity contribution in [1.29, 1.82) is 0 Å². The lowest BCUT2D eigenvalue weighted by atomic mass is 10.2. The number of rotatable bonds is 8. The molecule has 0 radical (unpaired) electrons. The maximum Gasteiger partial charge on any atom is 0.251 e. The SMILES string of the molecule is CCNC(=NCCNC(=O)c1ccc(O)cc1)N(C)Cc1ccc(OC)cc1. The number of hydrogen-bond acceptors (Lipinski definition) is 4. The molecule has 150 valence electrons. The molecule has 0 bridgehead atoms. The predicted octanol–water partition coefficient (Wildman–Crippen LogP) is 2.23. The van der Waals surface area contributed by atoms with Crippen LogP contribution >= 0.6 is 0 Å². The highest BCUT2D eigenvalue weighted by Gasteiger charge is 2.08. The Balaban J connectivity index is 1.87. The van der Waals surface area contributed by atoms with Crippen molar-refractivity contribution < 1.29 is 14.6 Å². The van der Waals surface area contributed by atoms with Gasteiger partial charge in [-0.1, -0.05) is 12.1 Å². The number of methoxy groups -OCH3 is 1. The summed E-state index contributed by atoms with van der Waals surface area (Å²) in [6.07, 6.45) is 0. The number of guanidine groups is 1. The summed E-state index contributed by atoms with van der Waals surface area (Å²) in [6, 6.07) is 14.1. The number of carbonyl (C=O) groups is 1. The highest BCUT2D eigenvalue weighted by atomic mass is 16.5. The maximum atomic E-state index is 12.1. The Morgan fingerprint density at radius 2 is 1.79 bits per heavy atom. The van der Waals surface area contributed by atoms with E-state index in [1.54, 1.807) is 19.2 Å². The van der Waals surface area contributed by atoms with Gasteiger partial charge in [-0.25, -0.2) is 0 Å². The molecule has 0 fully saturated rings. The van der Waals surface area contributed by atoms with Gasteiger partial charge in [0.05, 0.1) is 13.7 Å². The Bertz CT molecular complexity index is 773. The Morgan fingerprint density at radius 3 is 2.39 bits per heavy atom. The summed E-state index contributed by atoms with van der Waals surface area (Å²) < 4.78 is 5.19. The summed E-state index contributed by atoms with van der Waals surface area (Å²) >= 11 is 0. The van der Waals surface area contributed by atoms with E-state index in [0.717, 1.165) is 23.8 Å². The molecule has 0 saturated carbocycles. The van der Waals surface area contributed by atoms with Gasteiger partial charge in [-0.15, -0.1) is 0 Å². The van der Waals surface area contributed by atoms with Gasteiger partial charge in [0.1, 0.15) is 11.5 Å². The number of phenols is 1. The van der Waals surface area contributed by atoms with Gasteiger partial charge in [-0.2, -0.15) is 0 Å². The second kappa shape index (κ2) is 10.8. The molecule has 0 saturated heterocycles. The molecule has 2 aromatic rings. The molecule has 2 rings (SSSR count). The summed E-state index contributed by atoms with van der Waals surface area (Å²) in [5.41, 5.74) is 1.65. The second-order valence-electron chi connectivity index (χ2n) is 6.24. The van der Waals surface area contributed by atoms with Gasteiger partial charge in [-0.05, 0) is 48.9 Å². The molecular formula is C21H28N4O3. The zero-order valence-electron chi connectivity index (χ0n) is 16.6. The van der Waals surface area contributed by atoms with E-state index in [0.29, 0.717) is 25.2 Å². The smallest absolute Gasteiger partial charge is 0.251 e. The van der Waals surface area contributed by atoms with Crippen LogP contribution in [0.5, 0.6) is 11.5 Å². The molecule has 2 aromatic carbocycles. The first kappa shape index (κ1) is 21.1. The van der Waals surface area contributed by atoms with Crippen molar-refractivity contribution in [3.8, 4) is 11.5 Å². The first-order valence-corrected chi connectivity index (χ1v) is 9.23. The molecule has 0 unspecified atom stereocenters. The largest absolute Gasteiger partial charge is 0.508 e. The van der Waals surface area contributed by atoms with Crippen molar-refractivity contribution in [2.24, 2.45) is 4.99 Å². The lowest BCUT2D eigenvalue weighted by Gasteiger charge is -2.22. The van der Waals surface area contributed by atoms with Crippen LogP contribution in [0.1, 0.15) is 22.8 Å². The van der Waals surface area contributed by atoms with Crippen LogP contribution in [0.3, 0.4) is 0 Å². The number of amides is 1. The molecule has 0 spiro atoms. The molecule has 28 heavy (non-hydrogen) atoms. The highest BCUT2D eigenvalue weighted by Crippen LogP contribution is 2.12. The monoisotopic (exact) mass is 384 g/mol. The molecule has 7 nitrogen and oxygen atoms in total. The van der Waals surface area contributed by atoms with Crippen LogP contribution in [0.15, 0.2) is 53.5 Å².